The smallest absolute Gasteiger partial charge is 0.303 e. The summed E-state index contributed by atoms with van der Waals surface area (Å²) in [6.45, 7) is 11.6. The first kappa shape index (κ1) is 31.9. The SMILES string of the molecule is COC(C)c1c(C)c2cc3nc(cc4nc(cc5[nH]c(cc1[nH]2)c(C)c5CCC(=O)O)C(CCC(=O)O)=C4C)C(C)=C3C(C)O. The van der Waals surface area contributed by atoms with Crippen LogP contribution in [0.5, 0.6) is 0 Å². The summed E-state index contributed by atoms with van der Waals surface area (Å²) in [5.41, 5.74) is 12.8. The standard InChI is InChI=1S/C35H40N4O6/c1-16-22(8-10-32(41)42)28-15-29-23(9-11-33(43)44)17(2)25(37-29)13-31-35(21(6)45-7)19(4)27(39-31)14-30-34(20(5)40)18(3)26(38-30)12-24(16)36-28/h12-15,20-21,37,39-40H,8-11H2,1-7H3,(H,41,42)(H,43,44). The van der Waals surface area contributed by atoms with E-state index in [-0.39, 0.29) is 25.4 Å². The predicted octanol–water partition coefficient (Wildman–Crippen LogP) is 6.76. The van der Waals surface area contributed by atoms with Crippen LogP contribution in [0.3, 0.4) is 0 Å². The van der Waals surface area contributed by atoms with Crippen molar-refractivity contribution in [1.82, 2.24) is 19.9 Å². The Morgan fingerprint density at radius 2 is 1.33 bits per heavy atom. The van der Waals surface area contributed by atoms with E-state index in [0.29, 0.717) is 29.2 Å². The highest BCUT2D eigenvalue weighted by Gasteiger charge is 2.24. The van der Waals surface area contributed by atoms with Gasteiger partial charge in [-0.25, -0.2) is 9.97 Å². The molecule has 5 rings (SSSR count). The van der Waals surface area contributed by atoms with E-state index in [9.17, 15) is 24.9 Å². The van der Waals surface area contributed by atoms with Gasteiger partial charge in [0.2, 0.25) is 0 Å². The first-order chi connectivity index (χ1) is 21.3. The quantitative estimate of drug-likeness (QED) is 0.177. The van der Waals surface area contributed by atoms with Crippen molar-refractivity contribution >= 4 is 56.3 Å². The summed E-state index contributed by atoms with van der Waals surface area (Å²) >= 11 is 0. The molecule has 2 aliphatic heterocycles. The summed E-state index contributed by atoms with van der Waals surface area (Å²) in [6, 6.07) is 7.74. The van der Waals surface area contributed by atoms with Gasteiger partial charge in [-0.3, -0.25) is 9.59 Å². The Morgan fingerprint density at radius 3 is 1.98 bits per heavy atom. The minimum atomic E-state index is -0.906. The number of carboxylic acid groups (broad SMARTS) is 2. The van der Waals surface area contributed by atoms with E-state index in [1.807, 2.05) is 58.9 Å². The number of H-pyrrole nitrogens is 2. The number of aliphatic carboxylic acids is 2. The number of aliphatic hydroxyl groups excluding tert-OH is 1. The monoisotopic (exact) mass is 612 g/mol. The maximum absolute atomic E-state index is 11.6. The first-order valence-corrected chi connectivity index (χ1v) is 15.1. The lowest BCUT2D eigenvalue weighted by Gasteiger charge is -2.09. The number of aromatic nitrogens is 4. The number of aromatic amines is 2. The number of aryl methyl sites for hydroxylation is 3. The van der Waals surface area contributed by atoms with E-state index in [1.165, 1.54) is 0 Å². The number of ether oxygens (including phenoxy) is 1. The fourth-order valence-corrected chi connectivity index (χ4v) is 6.42. The Bertz CT molecular complexity index is 1940. The number of carbonyl (C=O) groups is 2. The van der Waals surface area contributed by atoms with Gasteiger partial charge in [0.25, 0.3) is 0 Å². The molecule has 45 heavy (non-hydrogen) atoms. The van der Waals surface area contributed by atoms with Gasteiger partial charge in [-0.1, -0.05) is 0 Å². The number of aliphatic hydroxyl groups is 1. The van der Waals surface area contributed by atoms with Crippen LogP contribution in [0, 0.1) is 13.8 Å². The first-order valence-electron chi connectivity index (χ1n) is 15.1. The Hall–Kier alpha value is -4.54. The van der Waals surface area contributed by atoms with Crippen molar-refractivity contribution in [3.63, 3.8) is 0 Å². The molecule has 0 aliphatic carbocycles. The second kappa shape index (κ2) is 12.5. The summed E-state index contributed by atoms with van der Waals surface area (Å²) in [4.78, 5) is 40.2. The average Bonchev–Trinajstić information content (AvgIpc) is 3.63. The minimum Gasteiger partial charge on any atom is -0.481 e. The van der Waals surface area contributed by atoms with Gasteiger partial charge in [-0.15, -0.1) is 0 Å². The van der Waals surface area contributed by atoms with Gasteiger partial charge in [0.15, 0.2) is 0 Å². The van der Waals surface area contributed by atoms with Crippen molar-refractivity contribution in [2.24, 2.45) is 0 Å². The van der Waals surface area contributed by atoms with Crippen LogP contribution in [0.4, 0.5) is 0 Å². The van der Waals surface area contributed by atoms with Gasteiger partial charge < -0.3 is 30.0 Å². The average molecular weight is 613 g/mol. The third kappa shape index (κ3) is 6.08. The molecule has 10 nitrogen and oxygen atoms in total. The number of hydrogen-bond donors (Lipinski definition) is 5. The molecule has 2 atom stereocenters. The highest BCUT2D eigenvalue weighted by Crippen LogP contribution is 2.38. The zero-order valence-corrected chi connectivity index (χ0v) is 26.8. The Morgan fingerprint density at radius 1 is 0.756 bits per heavy atom. The molecule has 5 heterocycles. The molecule has 3 aromatic heterocycles. The summed E-state index contributed by atoms with van der Waals surface area (Å²) in [6.07, 6.45) is -0.504. The molecule has 0 radical (unpaired) electrons. The van der Waals surface area contributed by atoms with E-state index in [0.717, 1.165) is 66.6 Å². The van der Waals surface area contributed by atoms with Crippen molar-refractivity contribution in [3.05, 3.63) is 69.3 Å². The van der Waals surface area contributed by atoms with Gasteiger partial charge in [0.05, 0.1) is 35.0 Å². The van der Waals surface area contributed by atoms with Gasteiger partial charge in [-0.2, -0.15) is 0 Å². The summed E-state index contributed by atoms with van der Waals surface area (Å²) in [5, 5.41) is 29.8. The summed E-state index contributed by atoms with van der Waals surface area (Å²) in [5.74, 6) is -1.80. The summed E-state index contributed by atoms with van der Waals surface area (Å²) in [7, 11) is 1.66. The molecule has 0 aromatic carbocycles. The van der Waals surface area contributed by atoms with E-state index in [2.05, 4.69) is 9.97 Å². The van der Waals surface area contributed by atoms with Crippen molar-refractivity contribution in [1.29, 1.82) is 0 Å². The van der Waals surface area contributed by atoms with Crippen LogP contribution in [0.1, 0.15) is 98.1 Å². The molecule has 3 aromatic rings. The number of hydrogen-bond acceptors (Lipinski definition) is 6. The van der Waals surface area contributed by atoms with Crippen molar-refractivity contribution in [3.8, 4) is 0 Å². The third-order valence-electron chi connectivity index (χ3n) is 8.99. The molecule has 0 saturated heterocycles. The normalized spacial score (nSPS) is 14.7. The van der Waals surface area contributed by atoms with Crippen molar-refractivity contribution < 1.29 is 29.6 Å². The lowest BCUT2D eigenvalue weighted by molar-refractivity contribution is -0.137. The number of fused-ring (bicyclic) bond motifs is 8. The molecular formula is C35H40N4O6. The number of carboxylic acids is 2. The molecule has 2 unspecified atom stereocenters. The molecular weight excluding hydrogens is 572 g/mol. The maximum Gasteiger partial charge on any atom is 0.303 e. The van der Waals surface area contributed by atoms with Crippen LogP contribution in [0.25, 0.3) is 44.4 Å². The van der Waals surface area contributed by atoms with E-state index in [4.69, 9.17) is 14.7 Å². The van der Waals surface area contributed by atoms with Crippen LogP contribution in [-0.4, -0.2) is 60.4 Å². The number of nitrogens with zero attached hydrogens (tertiary/aromatic N) is 2. The van der Waals surface area contributed by atoms with Crippen LogP contribution in [0.2, 0.25) is 0 Å². The van der Waals surface area contributed by atoms with Gasteiger partial charge >= 0.3 is 11.9 Å². The number of methoxy groups -OCH3 is 1. The van der Waals surface area contributed by atoms with Crippen molar-refractivity contribution in [2.75, 3.05) is 7.11 Å². The van der Waals surface area contributed by atoms with Gasteiger partial charge in [0, 0.05) is 53.2 Å². The van der Waals surface area contributed by atoms with Crippen molar-refractivity contribution in [2.45, 2.75) is 79.4 Å². The second-order valence-corrected chi connectivity index (χ2v) is 11.9. The molecule has 10 heteroatoms. The number of rotatable bonds is 9. The topological polar surface area (TPSA) is 161 Å². The lowest BCUT2D eigenvalue weighted by atomic mass is 9.99. The van der Waals surface area contributed by atoms with E-state index in [1.54, 1.807) is 14.0 Å². The lowest BCUT2D eigenvalue weighted by Crippen LogP contribution is -2.03. The maximum atomic E-state index is 11.6. The Kier molecular flexibility index (Phi) is 8.82. The van der Waals surface area contributed by atoms with Gasteiger partial charge in [-0.05, 0) is 112 Å². The largest absolute Gasteiger partial charge is 0.481 e. The molecule has 5 N–H and O–H groups in total. The fraction of sp³-hybridized carbons (Fsp3) is 0.371. The zero-order chi connectivity index (χ0) is 32.7. The minimum absolute atomic E-state index is 0.0420. The zero-order valence-electron chi connectivity index (χ0n) is 26.8. The summed E-state index contributed by atoms with van der Waals surface area (Å²) < 4.78 is 5.77. The molecule has 2 aliphatic rings. The molecule has 0 saturated carbocycles. The highest BCUT2D eigenvalue weighted by molar-refractivity contribution is 5.96. The van der Waals surface area contributed by atoms with E-state index >= 15 is 0 Å². The van der Waals surface area contributed by atoms with Crippen LogP contribution in [0.15, 0.2) is 24.3 Å². The Labute approximate surface area is 261 Å². The molecule has 0 fully saturated rings. The predicted molar refractivity (Wildman–Crippen MR) is 175 cm³/mol. The Balaban J connectivity index is 1.96. The number of allylic oxidation sites excluding steroid dienone is 3. The van der Waals surface area contributed by atoms with Gasteiger partial charge in [0.1, 0.15) is 0 Å². The molecule has 236 valence electrons. The fourth-order valence-electron chi connectivity index (χ4n) is 6.42. The molecule has 8 bridgehead atoms. The third-order valence-corrected chi connectivity index (χ3v) is 8.99. The van der Waals surface area contributed by atoms with Crippen LogP contribution >= 0.6 is 0 Å². The second-order valence-electron chi connectivity index (χ2n) is 11.9. The van der Waals surface area contributed by atoms with E-state index < -0.39 is 18.0 Å². The number of nitrogens with one attached hydrogen (secondary N) is 2. The molecule has 0 spiro atoms. The van der Waals surface area contributed by atoms with Crippen LogP contribution in [-0.2, 0) is 20.7 Å². The highest BCUT2D eigenvalue weighted by atomic mass is 16.5. The molecule has 0 amide bonds. The van der Waals surface area contributed by atoms with Crippen LogP contribution < -0.4 is 0 Å².